The Hall–Kier alpha value is -3.34. The lowest BCUT2D eigenvalue weighted by molar-refractivity contribution is -0.0622. The maximum absolute atomic E-state index is 12.0. The van der Waals surface area contributed by atoms with Crippen molar-refractivity contribution in [1.29, 1.82) is 0 Å². The monoisotopic (exact) mass is 382 g/mol. The van der Waals surface area contributed by atoms with Gasteiger partial charge in [0.1, 0.15) is 25.0 Å². The van der Waals surface area contributed by atoms with Crippen molar-refractivity contribution in [3.63, 3.8) is 0 Å². The van der Waals surface area contributed by atoms with E-state index < -0.39 is 42.0 Å². The van der Waals surface area contributed by atoms with Gasteiger partial charge in [-0.15, -0.1) is 0 Å². The van der Waals surface area contributed by atoms with E-state index in [-0.39, 0.29) is 18.6 Å². The van der Waals surface area contributed by atoms with E-state index in [2.05, 4.69) is 27.6 Å². The number of nitrogens with one attached hydrogen (secondary N) is 1. The predicted octanol–water partition coefficient (Wildman–Crippen LogP) is 1.09. The van der Waals surface area contributed by atoms with Crippen molar-refractivity contribution in [3.05, 3.63) is 58.3 Å². The molecule has 0 spiro atoms. The third kappa shape index (κ3) is 5.07. The highest BCUT2D eigenvalue weighted by Crippen LogP contribution is 2.30. The molecule has 1 aromatic rings. The largest absolute Gasteiger partial charge is 0.513 e. The van der Waals surface area contributed by atoms with Crippen molar-refractivity contribution in [1.82, 2.24) is 9.55 Å². The third-order valence-electron chi connectivity index (χ3n) is 3.61. The fraction of sp³-hybridized carbons (Fsp3) is 0.375. The Morgan fingerprint density at radius 1 is 1.30 bits per heavy atom. The van der Waals surface area contributed by atoms with Crippen LogP contribution in [0.3, 0.4) is 0 Å². The molecule has 146 valence electrons. The second-order valence-corrected chi connectivity index (χ2v) is 5.38. The van der Waals surface area contributed by atoms with E-state index in [4.69, 9.17) is 14.2 Å². The highest BCUT2D eigenvalue weighted by Gasteiger charge is 2.40. The van der Waals surface area contributed by atoms with Crippen molar-refractivity contribution in [2.24, 2.45) is 0 Å². The average molecular weight is 382 g/mol. The van der Waals surface area contributed by atoms with Crippen LogP contribution in [0.15, 0.2) is 41.5 Å². The molecule has 3 atom stereocenters. The molecule has 1 N–H and O–H groups in total. The van der Waals surface area contributed by atoms with Gasteiger partial charge >= 0.3 is 18.0 Å². The minimum absolute atomic E-state index is 0.0438. The molecule has 0 radical (unpaired) electrons. The van der Waals surface area contributed by atoms with Gasteiger partial charge in [-0.3, -0.25) is 14.3 Å². The zero-order chi connectivity index (χ0) is 20.0. The van der Waals surface area contributed by atoms with E-state index in [1.54, 1.807) is 0 Å². The smallest absolute Gasteiger partial charge is 0.431 e. The molecule has 0 amide bonds. The van der Waals surface area contributed by atoms with Crippen LogP contribution in [-0.4, -0.2) is 40.7 Å². The lowest BCUT2D eigenvalue weighted by atomic mass is 10.2. The summed E-state index contributed by atoms with van der Waals surface area (Å²) in [6.45, 7) is 7.64. The standard InChI is InChI=1S/C16H18N2O9/c1-4-23-15(21)25-8-11-10(27-16(22)24-5-2)6-12(26-11)18-7-9(3)13(19)17-14(18)20/h4-5,7,10-12H,1-2,6,8H2,3H3,(H,17,19,20)/t10-,11+,12+/m0/s1. The summed E-state index contributed by atoms with van der Waals surface area (Å²) >= 11 is 0. The van der Waals surface area contributed by atoms with Crippen LogP contribution >= 0.6 is 0 Å². The summed E-state index contributed by atoms with van der Waals surface area (Å²) in [7, 11) is 0. The van der Waals surface area contributed by atoms with E-state index in [1.165, 1.54) is 13.1 Å². The van der Waals surface area contributed by atoms with Gasteiger partial charge in [0.2, 0.25) is 0 Å². The molecule has 0 bridgehead atoms. The second-order valence-electron chi connectivity index (χ2n) is 5.38. The van der Waals surface area contributed by atoms with E-state index >= 15 is 0 Å². The number of nitrogens with zero attached hydrogens (tertiary/aromatic N) is 1. The van der Waals surface area contributed by atoms with Gasteiger partial charge in [0, 0.05) is 18.2 Å². The van der Waals surface area contributed by atoms with E-state index in [1.807, 2.05) is 0 Å². The molecule has 27 heavy (non-hydrogen) atoms. The van der Waals surface area contributed by atoms with Gasteiger partial charge in [-0.1, -0.05) is 13.2 Å². The molecule has 1 saturated heterocycles. The fourth-order valence-corrected chi connectivity index (χ4v) is 2.42. The molecule has 1 aliphatic rings. The molecule has 0 saturated carbocycles. The number of rotatable bonds is 6. The molecular weight excluding hydrogens is 364 g/mol. The summed E-state index contributed by atoms with van der Waals surface area (Å²) < 4.78 is 25.7. The predicted molar refractivity (Wildman–Crippen MR) is 88.8 cm³/mol. The molecule has 0 unspecified atom stereocenters. The number of aromatic amines is 1. The lowest BCUT2D eigenvalue weighted by Crippen LogP contribution is -2.33. The van der Waals surface area contributed by atoms with Crippen LogP contribution in [0.1, 0.15) is 18.2 Å². The van der Waals surface area contributed by atoms with Crippen molar-refractivity contribution in [3.8, 4) is 0 Å². The number of ether oxygens (including phenoxy) is 5. The van der Waals surface area contributed by atoms with Gasteiger partial charge in [0.15, 0.2) is 0 Å². The summed E-state index contributed by atoms with van der Waals surface area (Å²) in [4.78, 5) is 48.6. The van der Waals surface area contributed by atoms with E-state index in [0.717, 1.165) is 17.1 Å². The molecule has 11 nitrogen and oxygen atoms in total. The first-order valence-corrected chi connectivity index (χ1v) is 7.75. The number of H-pyrrole nitrogens is 1. The Bertz CT molecular complexity index is 841. The summed E-state index contributed by atoms with van der Waals surface area (Å²) in [5, 5.41) is 0. The first kappa shape index (κ1) is 20.0. The highest BCUT2D eigenvalue weighted by molar-refractivity contribution is 5.61. The average Bonchev–Trinajstić information content (AvgIpc) is 2.99. The molecule has 11 heteroatoms. The van der Waals surface area contributed by atoms with Crippen LogP contribution in [-0.2, 0) is 23.7 Å². The quantitative estimate of drug-likeness (QED) is 0.566. The summed E-state index contributed by atoms with van der Waals surface area (Å²) in [6, 6.07) is 0. The summed E-state index contributed by atoms with van der Waals surface area (Å²) in [5.41, 5.74) is -0.935. The minimum atomic E-state index is -1.04. The topological polar surface area (TPSA) is 135 Å². The van der Waals surface area contributed by atoms with Crippen molar-refractivity contribution in [2.75, 3.05) is 6.61 Å². The van der Waals surface area contributed by atoms with E-state index in [9.17, 15) is 19.2 Å². The number of aromatic nitrogens is 2. The summed E-state index contributed by atoms with van der Waals surface area (Å²) in [6.07, 6.45) is -1.62. The maximum atomic E-state index is 12.0. The van der Waals surface area contributed by atoms with Crippen molar-refractivity contribution < 1.29 is 33.3 Å². The zero-order valence-corrected chi connectivity index (χ0v) is 14.4. The van der Waals surface area contributed by atoms with Gasteiger partial charge in [-0.05, 0) is 6.92 Å². The van der Waals surface area contributed by atoms with Gasteiger partial charge in [0.25, 0.3) is 5.56 Å². The molecule has 0 aromatic carbocycles. The molecular formula is C16H18N2O9. The van der Waals surface area contributed by atoms with E-state index in [0.29, 0.717) is 0 Å². The van der Waals surface area contributed by atoms with Crippen molar-refractivity contribution >= 4 is 12.3 Å². The maximum Gasteiger partial charge on any atom is 0.513 e. The number of aryl methyl sites for hydroxylation is 1. The Morgan fingerprint density at radius 2 is 1.96 bits per heavy atom. The SMILES string of the molecule is C=COC(=O)OC[C@H]1O[C@@H](n2cc(C)c(=O)[nH]c2=O)C[C@@H]1OC(=O)OC=C. The molecule has 0 aliphatic carbocycles. The first-order valence-electron chi connectivity index (χ1n) is 7.75. The van der Waals surface area contributed by atoms with Crippen LogP contribution in [0.4, 0.5) is 9.59 Å². The van der Waals surface area contributed by atoms with Crippen LogP contribution in [0.2, 0.25) is 0 Å². The highest BCUT2D eigenvalue weighted by atomic mass is 16.7. The third-order valence-corrected chi connectivity index (χ3v) is 3.61. The summed E-state index contributed by atoms with van der Waals surface area (Å²) in [5.74, 6) is 0. The molecule has 1 fully saturated rings. The molecule has 2 heterocycles. The van der Waals surface area contributed by atoms with Crippen LogP contribution < -0.4 is 11.2 Å². The number of hydrogen-bond acceptors (Lipinski definition) is 9. The van der Waals surface area contributed by atoms with Crippen LogP contribution in [0, 0.1) is 6.92 Å². The Kier molecular flexibility index (Phi) is 6.55. The molecule has 2 rings (SSSR count). The lowest BCUT2D eigenvalue weighted by Gasteiger charge is -2.17. The van der Waals surface area contributed by atoms with Gasteiger partial charge in [-0.2, -0.15) is 0 Å². The minimum Gasteiger partial charge on any atom is -0.431 e. The van der Waals surface area contributed by atoms with Crippen molar-refractivity contribution in [2.45, 2.75) is 31.8 Å². The number of carbonyl (C=O) groups is 2. The normalized spacial score (nSPS) is 21.1. The second kappa shape index (κ2) is 8.85. The Morgan fingerprint density at radius 3 is 2.63 bits per heavy atom. The zero-order valence-electron chi connectivity index (χ0n) is 14.4. The molecule has 1 aromatic heterocycles. The van der Waals surface area contributed by atoms with Gasteiger partial charge in [0.05, 0.1) is 12.5 Å². The first-order chi connectivity index (χ1) is 12.8. The fourth-order valence-electron chi connectivity index (χ4n) is 2.42. The van der Waals surface area contributed by atoms with Crippen LogP contribution in [0.25, 0.3) is 0 Å². The molecule has 1 aliphatic heterocycles. The Balaban J connectivity index is 2.18. The number of carbonyl (C=O) groups excluding carboxylic acids is 2. The Labute approximate surface area is 152 Å². The van der Waals surface area contributed by atoms with Gasteiger partial charge in [-0.25, -0.2) is 14.4 Å². The van der Waals surface area contributed by atoms with Crippen LogP contribution in [0.5, 0.6) is 0 Å². The van der Waals surface area contributed by atoms with Gasteiger partial charge < -0.3 is 23.7 Å². The number of hydrogen-bond donors (Lipinski definition) is 1.